The number of ether oxygens (including phenoxy) is 2. The second-order valence-corrected chi connectivity index (χ2v) is 8.22. The fourth-order valence-corrected chi connectivity index (χ4v) is 4.59. The monoisotopic (exact) mass is 280 g/mol. The summed E-state index contributed by atoms with van der Waals surface area (Å²) in [5, 5.41) is 0. The lowest BCUT2D eigenvalue weighted by molar-refractivity contribution is -0.173. The molecule has 3 aliphatic rings. The van der Waals surface area contributed by atoms with E-state index in [9.17, 15) is 4.79 Å². The van der Waals surface area contributed by atoms with Crippen LogP contribution in [0.5, 0.6) is 0 Å². The Hall–Kier alpha value is -0.570. The molecule has 0 aromatic heterocycles. The summed E-state index contributed by atoms with van der Waals surface area (Å²) in [4.78, 5) is 12.4. The Bertz CT molecular complexity index is 398. The van der Waals surface area contributed by atoms with Crippen molar-refractivity contribution in [3.05, 3.63) is 0 Å². The van der Waals surface area contributed by atoms with Crippen molar-refractivity contribution < 1.29 is 14.3 Å². The first-order valence-electron chi connectivity index (χ1n) is 8.14. The zero-order valence-corrected chi connectivity index (χ0v) is 13.4. The minimum Gasteiger partial charge on any atom is -0.460 e. The zero-order chi connectivity index (χ0) is 14.7. The van der Waals surface area contributed by atoms with Gasteiger partial charge in [-0.25, -0.2) is 0 Å². The molecule has 3 heteroatoms. The lowest BCUT2D eigenvalue weighted by Gasteiger charge is -2.43. The number of carbonyl (C=O) groups excluding carboxylic acids is 1. The van der Waals surface area contributed by atoms with Gasteiger partial charge in [-0.2, -0.15) is 0 Å². The van der Waals surface area contributed by atoms with Crippen LogP contribution in [-0.2, 0) is 14.3 Å². The molecule has 2 bridgehead atoms. The van der Waals surface area contributed by atoms with E-state index in [1.54, 1.807) is 0 Å². The number of hydrogen-bond acceptors (Lipinski definition) is 3. The molecule has 3 fully saturated rings. The van der Waals surface area contributed by atoms with Crippen molar-refractivity contribution in [1.29, 1.82) is 0 Å². The highest BCUT2D eigenvalue weighted by Crippen LogP contribution is 2.57. The molecule has 20 heavy (non-hydrogen) atoms. The van der Waals surface area contributed by atoms with Gasteiger partial charge in [0.15, 0.2) is 0 Å². The third-order valence-electron chi connectivity index (χ3n) is 5.62. The number of esters is 1. The van der Waals surface area contributed by atoms with Gasteiger partial charge in [0.05, 0.1) is 18.1 Å². The lowest BCUT2D eigenvalue weighted by Crippen LogP contribution is -2.46. The van der Waals surface area contributed by atoms with Gasteiger partial charge in [0.2, 0.25) is 0 Å². The van der Waals surface area contributed by atoms with Crippen molar-refractivity contribution in [2.24, 2.45) is 29.6 Å². The summed E-state index contributed by atoms with van der Waals surface area (Å²) in [6.07, 6.45) is 4.09. The molecule has 7 unspecified atom stereocenters. The summed E-state index contributed by atoms with van der Waals surface area (Å²) in [6, 6.07) is 0. The van der Waals surface area contributed by atoms with Gasteiger partial charge < -0.3 is 9.47 Å². The Labute approximate surface area is 122 Å². The number of carbonyl (C=O) groups is 1. The van der Waals surface area contributed by atoms with Crippen LogP contribution in [0.3, 0.4) is 0 Å². The van der Waals surface area contributed by atoms with Crippen molar-refractivity contribution in [3.8, 4) is 0 Å². The quantitative estimate of drug-likeness (QED) is 0.690. The molecular formula is C17H28O3. The topological polar surface area (TPSA) is 35.5 Å². The van der Waals surface area contributed by atoms with Crippen LogP contribution in [0.15, 0.2) is 0 Å². The molecular weight excluding hydrogens is 252 g/mol. The summed E-state index contributed by atoms with van der Waals surface area (Å²) in [5.74, 6) is 2.48. The third-order valence-corrected chi connectivity index (χ3v) is 5.62. The van der Waals surface area contributed by atoms with Gasteiger partial charge in [0.1, 0.15) is 5.60 Å². The predicted molar refractivity (Wildman–Crippen MR) is 77.2 cm³/mol. The predicted octanol–water partition coefficient (Wildman–Crippen LogP) is 3.41. The minimum absolute atomic E-state index is 0.00155. The molecule has 3 nitrogen and oxygen atoms in total. The normalized spacial score (nSPS) is 47.1. The molecule has 0 N–H and O–H groups in total. The van der Waals surface area contributed by atoms with E-state index < -0.39 is 0 Å². The SMILES string of the molecule is CC1CC2C3CC(C(=O)OC(C)(C)C)C(C3)C2OC1C. The van der Waals surface area contributed by atoms with E-state index in [1.165, 1.54) is 12.8 Å². The molecule has 7 atom stereocenters. The average Bonchev–Trinajstić information content (AvgIpc) is 2.86. The molecule has 3 rings (SSSR count). The summed E-state index contributed by atoms with van der Waals surface area (Å²) in [6.45, 7) is 10.3. The fourth-order valence-electron chi connectivity index (χ4n) is 4.59. The van der Waals surface area contributed by atoms with E-state index in [4.69, 9.17) is 9.47 Å². The van der Waals surface area contributed by atoms with Crippen LogP contribution in [0, 0.1) is 29.6 Å². The van der Waals surface area contributed by atoms with Crippen LogP contribution in [0.1, 0.15) is 53.9 Å². The summed E-state index contributed by atoms with van der Waals surface area (Å²) < 4.78 is 11.9. The summed E-state index contributed by atoms with van der Waals surface area (Å²) >= 11 is 0. The van der Waals surface area contributed by atoms with E-state index >= 15 is 0 Å². The molecule has 1 saturated heterocycles. The van der Waals surface area contributed by atoms with Crippen LogP contribution in [0.4, 0.5) is 0 Å². The Morgan fingerprint density at radius 1 is 1.10 bits per heavy atom. The van der Waals surface area contributed by atoms with E-state index in [2.05, 4.69) is 13.8 Å². The van der Waals surface area contributed by atoms with Gasteiger partial charge in [0, 0.05) is 0 Å². The van der Waals surface area contributed by atoms with Crippen molar-refractivity contribution >= 4 is 5.97 Å². The first-order valence-corrected chi connectivity index (χ1v) is 8.14. The van der Waals surface area contributed by atoms with Crippen LogP contribution in [0.2, 0.25) is 0 Å². The van der Waals surface area contributed by atoms with Crippen LogP contribution < -0.4 is 0 Å². The number of hydrogen-bond donors (Lipinski definition) is 0. The van der Waals surface area contributed by atoms with E-state index in [1.807, 2.05) is 20.8 Å². The van der Waals surface area contributed by atoms with Gasteiger partial charge in [-0.3, -0.25) is 4.79 Å². The smallest absolute Gasteiger partial charge is 0.309 e. The van der Waals surface area contributed by atoms with Crippen LogP contribution in [0.25, 0.3) is 0 Å². The molecule has 0 radical (unpaired) electrons. The molecule has 0 aromatic carbocycles. The zero-order valence-electron chi connectivity index (χ0n) is 13.4. The Morgan fingerprint density at radius 3 is 2.45 bits per heavy atom. The van der Waals surface area contributed by atoms with E-state index in [-0.39, 0.29) is 17.5 Å². The van der Waals surface area contributed by atoms with Gasteiger partial charge in [0.25, 0.3) is 0 Å². The third kappa shape index (κ3) is 2.38. The van der Waals surface area contributed by atoms with E-state index in [0.717, 1.165) is 6.42 Å². The molecule has 1 aliphatic heterocycles. The van der Waals surface area contributed by atoms with Crippen molar-refractivity contribution in [3.63, 3.8) is 0 Å². The first kappa shape index (κ1) is 14.4. The average molecular weight is 280 g/mol. The van der Waals surface area contributed by atoms with Crippen molar-refractivity contribution in [2.45, 2.75) is 71.7 Å². The minimum atomic E-state index is -0.381. The Kier molecular flexibility index (Phi) is 3.39. The van der Waals surface area contributed by atoms with Crippen LogP contribution >= 0.6 is 0 Å². The second kappa shape index (κ2) is 4.72. The highest BCUT2D eigenvalue weighted by atomic mass is 16.6. The molecule has 2 aliphatic carbocycles. The second-order valence-electron chi connectivity index (χ2n) is 8.22. The standard InChI is InChI=1S/C17H28O3/c1-9-6-12-11-7-13(15(12)19-10(9)2)14(8-11)16(18)20-17(3,4)5/h9-15H,6-8H2,1-5H3. The maximum atomic E-state index is 12.4. The highest BCUT2D eigenvalue weighted by molar-refractivity contribution is 5.74. The van der Waals surface area contributed by atoms with Gasteiger partial charge in [-0.1, -0.05) is 6.92 Å². The van der Waals surface area contributed by atoms with E-state index in [0.29, 0.717) is 35.9 Å². The number of rotatable bonds is 1. The van der Waals surface area contributed by atoms with Crippen molar-refractivity contribution in [1.82, 2.24) is 0 Å². The maximum absolute atomic E-state index is 12.4. The highest BCUT2D eigenvalue weighted by Gasteiger charge is 2.58. The van der Waals surface area contributed by atoms with Gasteiger partial charge in [-0.05, 0) is 70.6 Å². The largest absolute Gasteiger partial charge is 0.460 e. The Balaban J connectivity index is 1.70. The summed E-state index contributed by atoms with van der Waals surface area (Å²) in [5.41, 5.74) is -0.381. The molecule has 0 amide bonds. The maximum Gasteiger partial charge on any atom is 0.309 e. The first-order chi connectivity index (χ1) is 9.26. The Morgan fingerprint density at radius 2 is 1.80 bits per heavy atom. The molecule has 0 spiro atoms. The molecule has 1 heterocycles. The molecule has 2 saturated carbocycles. The lowest BCUT2D eigenvalue weighted by atomic mass is 9.73. The fraction of sp³-hybridized carbons (Fsp3) is 0.941. The van der Waals surface area contributed by atoms with Gasteiger partial charge >= 0.3 is 5.97 Å². The number of fused-ring (bicyclic) bond motifs is 5. The van der Waals surface area contributed by atoms with Crippen molar-refractivity contribution in [2.75, 3.05) is 0 Å². The molecule has 0 aromatic rings. The van der Waals surface area contributed by atoms with Crippen LogP contribution in [-0.4, -0.2) is 23.8 Å². The van der Waals surface area contributed by atoms with Gasteiger partial charge in [-0.15, -0.1) is 0 Å². The summed E-state index contributed by atoms with van der Waals surface area (Å²) in [7, 11) is 0. The molecule has 114 valence electrons.